The van der Waals surface area contributed by atoms with E-state index in [2.05, 4.69) is 60.9 Å². The van der Waals surface area contributed by atoms with Crippen molar-refractivity contribution >= 4 is 27.6 Å². The normalized spacial score (nSPS) is 17.4. The highest BCUT2D eigenvalue weighted by molar-refractivity contribution is 9.10. The molecule has 20 heavy (non-hydrogen) atoms. The molecule has 0 fully saturated rings. The van der Waals surface area contributed by atoms with E-state index >= 15 is 0 Å². The lowest BCUT2D eigenvalue weighted by Crippen LogP contribution is -2.19. The summed E-state index contributed by atoms with van der Waals surface area (Å²) in [6.07, 6.45) is 4.92. The highest BCUT2D eigenvalue weighted by Gasteiger charge is 2.21. The van der Waals surface area contributed by atoms with Crippen LogP contribution < -0.4 is 16.6 Å². The average molecular weight is 334 g/mol. The highest BCUT2D eigenvalue weighted by atomic mass is 79.9. The summed E-state index contributed by atoms with van der Waals surface area (Å²) >= 11 is 3.48. The molecule has 104 valence electrons. The molecule has 1 aliphatic carbocycles. The van der Waals surface area contributed by atoms with E-state index in [1.54, 1.807) is 0 Å². The molecular weight excluding hydrogens is 318 g/mol. The second-order valence-electron chi connectivity index (χ2n) is 4.82. The number of rotatable bonds is 3. The van der Waals surface area contributed by atoms with Gasteiger partial charge in [0.15, 0.2) is 5.82 Å². The Morgan fingerprint density at radius 3 is 2.85 bits per heavy atom. The Hall–Kier alpha value is -1.66. The molecule has 4 N–H and O–H groups in total. The summed E-state index contributed by atoms with van der Waals surface area (Å²) in [6, 6.07) is 8.84. The summed E-state index contributed by atoms with van der Waals surface area (Å²) < 4.78 is 0.755. The first kappa shape index (κ1) is 13.3. The Morgan fingerprint density at radius 1 is 1.20 bits per heavy atom. The van der Waals surface area contributed by atoms with E-state index in [1.807, 2.05) is 0 Å². The van der Waals surface area contributed by atoms with Crippen LogP contribution in [0.15, 0.2) is 35.1 Å². The number of nitrogens with zero attached hydrogens (tertiary/aromatic N) is 2. The third kappa shape index (κ3) is 2.48. The quantitative estimate of drug-likeness (QED) is 0.594. The summed E-state index contributed by atoms with van der Waals surface area (Å²) in [5, 5.41) is 3.49. The Kier molecular flexibility index (Phi) is 3.84. The van der Waals surface area contributed by atoms with Crippen LogP contribution >= 0.6 is 15.9 Å². The Labute approximate surface area is 126 Å². The van der Waals surface area contributed by atoms with Gasteiger partial charge in [-0.15, -0.1) is 0 Å². The van der Waals surface area contributed by atoms with Crippen molar-refractivity contribution in [1.29, 1.82) is 0 Å². The number of benzene rings is 1. The average Bonchev–Trinajstić information content (AvgIpc) is 2.50. The van der Waals surface area contributed by atoms with E-state index in [-0.39, 0.29) is 6.04 Å². The first-order chi connectivity index (χ1) is 9.79. The summed E-state index contributed by atoms with van der Waals surface area (Å²) in [7, 11) is 0. The molecule has 3 rings (SSSR count). The van der Waals surface area contributed by atoms with Crippen molar-refractivity contribution < 1.29 is 0 Å². The second kappa shape index (κ2) is 5.76. The number of nitrogen functional groups attached to an aromatic ring is 1. The zero-order valence-electron chi connectivity index (χ0n) is 10.9. The smallest absolute Gasteiger partial charge is 0.159 e. The number of aromatic nitrogens is 2. The van der Waals surface area contributed by atoms with Crippen LogP contribution in [0.1, 0.15) is 30.0 Å². The van der Waals surface area contributed by atoms with Crippen LogP contribution in [-0.4, -0.2) is 9.97 Å². The van der Waals surface area contributed by atoms with Crippen molar-refractivity contribution in [3.05, 3.63) is 46.2 Å². The van der Waals surface area contributed by atoms with Crippen molar-refractivity contribution in [3.63, 3.8) is 0 Å². The van der Waals surface area contributed by atoms with E-state index in [0.29, 0.717) is 5.82 Å². The minimum Gasteiger partial charge on any atom is -0.362 e. The van der Waals surface area contributed by atoms with E-state index in [4.69, 9.17) is 5.84 Å². The van der Waals surface area contributed by atoms with Gasteiger partial charge < -0.3 is 10.7 Å². The van der Waals surface area contributed by atoms with Crippen LogP contribution in [0.5, 0.6) is 0 Å². The third-order valence-corrected chi connectivity index (χ3v) is 4.36. The third-order valence-electron chi connectivity index (χ3n) is 3.61. The molecule has 0 radical (unpaired) electrons. The molecule has 0 bridgehead atoms. The minimum absolute atomic E-state index is 0.275. The van der Waals surface area contributed by atoms with Crippen molar-refractivity contribution in [2.24, 2.45) is 5.84 Å². The van der Waals surface area contributed by atoms with E-state index in [1.165, 1.54) is 23.9 Å². The van der Waals surface area contributed by atoms with E-state index in [0.717, 1.165) is 23.1 Å². The predicted molar refractivity (Wildman–Crippen MR) is 83.3 cm³/mol. The molecule has 1 atom stereocenters. The van der Waals surface area contributed by atoms with Crippen molar-refractivity contribution in [2.45, 2.75) is 25.3 Å². The molecule has 0 spiro atoms. The number of hydrogen-bond acceptors (Lipinski definition) is 5. The van der Waals surface area contributed by atoms with Gasteiger partial charge in [-0.2, -0.15) is 0 Å². The van der Waals surface area contributed by atoms with Gasteiger partial charge in [0.05, 0.1) is 6.04 Å². The van der Waals surface area contributed by atoms with Crippen molar-refractivity contribution in [3.8, 4) is 0 Å². The standard InChI is InChI=1S/C14H16BrN5/c15-12-13(17-8-18-14(12)20-16)19-11-7-3-5-9-4-1-2-6-10(9)11/h1-2,4,6,8,11H,3,5,7,16H2,(H2,17,18,19,20). The fourth-order valence-corrected chi connectivity index (χ4v) is 3.07. The van der Waals surface area contributed by atoms with Crippen LogP contribution in [0.3, 0.4) is 0 Å². The Morgan fingerprint density at radius 2 is 2.00 bits per heavy atom. The largest absolute Gasteiger partial charge is 0.362 e. The van der Waals surface area contributed by atoms with Gasteiger partial charge in [-0.1, -0.05) is 24.3 Å². The number of hydrogen-bond donors (Lipinski definition) is 3. The van der Waals surface area contributed by atoms with Gasteiger partial charge in [0.25, 0.3) is 0 Å². The summed E-state index contributed by atoms with van der Waals surface area (Å²) in [4.78, 5) is 8.35. The monoisotopic (exact) mass is 333 g/mol. The lowest BCUT2D eigenvalue weighted by molar-refractivity contribution is 0.598. The van der Waals surface area contributed by atoms with Crippen molar-refractivity contribution in [1.82, 2.24) is 9.97 Å². The van der Waals surface area contributed by atoms with Crippen LogP contribution in [0, 0.1) is 0 Å². The molecule has 2 aromatic rings. The summed E-state index contributed by atoms with van der Waals surface area (Å²) in [6.45, 7) is 0. The first-order valence-electron chi connectivity index (χ1n) is 6.61. The maximum Gasteiger partial charge on any atom is 0.159 e. The van der Waals surface area contributed by atoms with E-state index < -0.39 is 0 Å². The van der Waals surface area contributed by atoms with Gasteiger partial charge in [-0.3, -0.25) is 0 Å². The molecule has 5 nitrogen and oxygen atoms in total. The van der Waals surface area contributed by atoms with Crippen LogP contribution in [0.25, 0.3) is 0 Å². The minimum atomic E-state index is 0.275. The second-order valence-corrected chi connectivity index (χ2v) is 5.61. The molecule has 0 saturated carbocycles. The molecule has 1 unspecified atom stereocenters. The molecular formula is C14H16BrN5. The predicted octanol–water partition coefficient (Wildman–Crippen LogP) is 3.01. The fraction of sp³-hybridized carbons (Fsp3) is 0.286. The molecule has 1 aliphatic rings. The summed E-state index contributed by atoms with van der Waals surface area (Å²) in [5.74, 6) is 6.77. The van der Waals surface area contributed by atoms with Gasteiger partial charge >= 0.3 is 0 Å². The summed E-state index contributed by atoms with van der Waals surface area (Å²) in [5.41, 5.74) is 5.32. The maximum absolute atomic E-state index is 5.43. The lowest BCUT2D eigenvalue weighted by Gasteiger charge is -2.27. The molecule has 6 heteroatoms. The molecule has 0 amide bonds. The number of aryl methyl sites for hydroxylation is 1. The number of anilines is 2. The van der Waals surface area contributed by atoms with Gasteiger partial charge in [-0.05, 0) is 46.3 Å². The van der Waals surface area contributed by atoms with Gasteiger partial charge in [-0.25, -0.2) is 15.8 Å². The number of nitrogens with one attached hydrogen (secondary N) is 2. The first-order valence-corrected chi connectivity index (χ1v) is 7.40. The highest BCUT2D eigenvalue weighted by Crippen LogP contribution is 2.34. The van der Waals surface area contributed by atoms with Gasteiger partial charge in [0, 0.05) is 0 Å². The molecule has 0 aliphatic heterocycles. The Bertz CT molecular complexity index is 616. The maximum atomic E-state index is 5.43. The topological polar surface area (TPSA) is 75.9 Å². The number of halogens is 1. The fourth-order valence-electron chi connectivity index (χ4n) is 2.64. The van der Waals surface area contributed by atoms with Crippen LogP contribution in [0.4, 0.5) is 11.6 Å². The SMILES string of the molecule is NNc1ncnc(NC2CCCc3ccccc32)c1Br. The number of hydrazine groups is 1. The molecule has 1 heterocycles. The molecule has 0 saturated heterocycles. The zero-order chi connectivity index (χ0) is 13.9. The van der Waals surface area contributed by atoms with Crippen LogP contribution in [-0.2, 0) is 6.42 Å². The number of fused-ring (bicyclic) bond motifs is 1. The Balaban J connectivity index is 1.90. The van der Waals surface area contributed by atoms with Crippen LogP contribution in [0.2, 0.25) is 0 Å². The van der Waals surface area contributed by atoms with E-state index in [9.17, 15) is 0 Å². The lowest BCUT2D eigenvalue weighted by atomic mass is 9.88. The number of nitrogens with two attached hydrogens (primary N) is 1. The molecule has 1 aromatic carbocycles. The van der Waals surface area contributed by atoms with Gasteiger partial charge in [0.1, 0.15) is 16.6 Å². The van der Waals surface area contributed by atoms with Crippen molar-refractivity contribution in [2.75, 3.05) is 10.7 Å². The zero-order valence-corrected chi connectivity index (χ0v) is 12.5. The molecule has 1 aromatic heterocycles. The van der Waals surface area contributed by atoms with Gasteiger partial charge in [0.2, 0.25) is 0 Å².